The van der Waals surface area contributed by atoms with E-state index in [0.29, 0.717) is 17.2 Å². The van der Waals surface area contributed by atoms with Crippen LogP contribution in [0.4, 0.5) is 5.69 Å². The number of anilines is 1. The summed E-state index contributed by atoms with van der Waals surface area (Å²) in [4.78, 5) is 15.2. The number of ether oxygens (including phenoxy) is 1. The zero-order chi connectivity index (χ0) is 20.9. The summed E-state index contributed by atoms with van der Waals surface area (Å²) in [6.45, 7) is 8.45. The molecular weight excluding hydrogens is 402 g/mol. The number of hydrogen-bond donors (Lipinski definition) is 2. The van der Waals surface area contributed by atoms with Crippen molar-refractivity contribution in [2.45, 2.75) is 57.5 Å². The molecule has 1 amide bonds. The number of carbonyl (C=O) groups excluding carboxylic acids is 1. The molecule has 0 radical (unpaired) electrons. The van der Waals surface area contributed by atoms with E-state index in [1.54, 1.807) is 6.07 Å². The third-order valence-corrected chi connectivity index (χ3v) is 6.97. The molecule has 2 aromatic rings. The lowest BCUT2D eigenvalue weighted by Gasteiger charge is -2.41. The van der Waals surface area contributed by atoms with E-state index in [4.69, 9.17) is 16.3 Å². The first-order valence-electron chi connectivity index (χ1n) is 10.7. The first-order valence-corrected chi connectivity index (χ1v) is 11.1. The second kappa shape index (κ2) is 7.25. The van der Waals surface area contributed by atoms with Crippen LogP contribution in [-0.4, -0.2) is 51.5 Å². The Morgan fingerprint density at radius 3 is 2.80 bits per heavy atom. The van der Waals surface area contributed by atoms with Crippen molar-refractivity contribution in [2.75, 3.05) is 25.0 Å². The van der Waals surface area contributed by atoms with Crippen LogP contribution in [0.1, 0.15) is 47.8 Å². The molecule has 0 unspecified atom stereocenters. The van der Waals surface area contributed by atoms with E-state index in [1.807, 2.05) is 16.8 Å². The number of hydrogen-bond acceptors (Lipinski definition) is 5. The number of aromatic nitrogens is 2. The Morgan fingerprint density at radius 2 is 2.07 bits per heavy atom. The van der Waals surface area contributed by atoms with E-state index in [9.17, 15) is 4.79 Å². The van der Waals surface area contributed by atoms with Gasteiger partial charge in [-0.15, -0.1) is 0 Å². The van der Waals surface area contributed by atoms with Gasteiger partial charge in [-0.3, -0.25) is 14.4 Å². The van der Waals surface area contributed by atoms with Gasteiger partial charge in [0.1, 0.15) is 5.66 Å². The molecule has 4 heterocycles. The van der Waals surface area contributed by atoms with Gasteiger partial charge in [0.15, 0.2) is 0 Å². The Hall–Kier alpha value is -2.09. The first-order chi connectivity index (χ1) is 14.4. The summed E-state index contributed by atoms with van der Waals surface area (Å²) in [6.07, 6.45) is 4.85. The number of amides is 1. The van der Waals surface area contributed by atoms with Gasteiger partial charge in [0.2, 0.25) is 0 Å². The molecule has 7 nitrogen and oxygen atoms in total. The number of benzene rings is 1. The summed E-state index contributed by atoms with van der Waals surface area (Å²) in [5.41, 5.74) is 3.09. The normalized spacial score (nSPS) is 25.4. The molecule has 30 heavy (non-hydrogen) atoms. The van der Waals surface area contributed by atoms with Gasteiger partial charge in [-0.05, 0) is 44.9 Å². The number of likely N-dealkylation sites (tertiary alicyclic amines) is 1. The summed E-state index contributed by atoms with van der Waals surface area (Å²) in [5, 5.41) is 11.8. The lowest BCUT2D eigenvalue weighted by molar-refractivity contribution is -0.0452. The van der Waals surface area contributed by atoms with Crippen molar-refractivity contribution in [3.05, 3.63) is 46.2 Å². The van der Waals surface area contributed by atoms with Gasteiger partial charge >= 0.3 is 0 Å². The Balaban J connectivity index is 1.25. The van der Waals surface area contributed by atoms with Crippen molar-refractivity contribution in [1.29, 1.82) is 0 Å². The molecule has 0 saturated carbocycles. The SMILES string of the molecule is CCn1cc(CN2CCC3(CC2)C[C@@]2(CO3)NC(=O)c3cc(Cl)ccc3N2)c(C)n1. The van der Waals surface area contributed by atoms with Crippen LogP contribution in [0.15, 0.2) is 24.4 Å². The summed E-state index contributed by atoms with van der Waals surface area (Å²) in [6, 6.07) is 5.40. The molecule has 0 bridgehead atoms. The molecular formula is C22H28ClN5O2. The van der Waals surface area contributed by atoms with Gasteiger partial charge in [-0.2, -0.15) is 5.10 Å². The molecule has 1 aromatic carbocycles. The summed E-state index contributed by atoms with van der Waals surface area (Å²) in [5.74, 6) is -0.0900. The summed E-state index contributed by atoms with van der Waals surface area (Å²) in [7, 11) is 0. The third-order valence-electron chi connectivity index (χ3n) is 6.73. The van der Waals surface area contributed by atoms with E-state index in [1.165, 1.54) is 5.56 Å². The molecule has 3 aliphatic heterocycles. The highest BCUT2D eigenvalue weighted by atomic mass is 35.5. The molecule has 1 atom stereocenters. The fourth-order valence-corrected chi connectivity index (χ4v) is 5.20. The lowest BCUT2D eigenvalue weighted by Crippen LogP contribution is -2.59. The van der Waals surface area contributed by atoms with Crippen molar-refractivity contribution in [3.63, 3.8) is 0 Å². The highest BCUT2D eigenvalue weighted by Crippen LogP contribution is 2.43. The predicted octanol–water partition coefficient (Wildman–Crippen LogP) is 3.17. The van der Waals surface area contributed by atoms with Crippen LogP contribution < -0.4 is 10.6 Å². The second-order valence-corrected chi connectivity index (χ2v) is 9.31. The van der Waals surface area contributed by atoms with E-state index < -0.39 is 5.66 Å². The zero-order valence-electron chi connectivity index (χ0n) is 17.5. The van der Waals surface area contributed by atoms with Gasteiger partial charge in [-0.1, -0.05) is 11.6 Å². The molecule has 2 spiro atoms. The van der Waals surface area contributed by atoms with Gasteiger partial charge in [0.05, 0.1) is 23.5 Å². The summed E-state index contributed by atoms with van der Waals surface area (Å²) >= 11 is 6.06. The maximum Gasteiger partial charge on any atom is 0.255 e. The van der Waals surface area contributed by atoms with Crippen LogP contribution in [0.5, 0.6) is 0 Å². The second-order valence-electron chi connectivity index (χ2n) is 8.87. The average Bonchev–Trinajstić information content (AvgIpc) is 3.25. The largest absolute Gasteiger partial charge is 0.370 e. The average molecular weight is 430 g/mol. The van der Waals surface area contributed by atoms with Crippen molar-refractivity contribution >= 4 is 23.2 Å². The van der Waals surface area contributed by atoms with Gasteiger partial charge in [0, 0.05) is 55.1 Å². The van der Waals surface area contributed by atoms with Crippen LogP contribution in [0.3, 0.4) is 0 Å². The number of nitrogens with one attached hydrogen (secondary N) is 2. The molecule has 2 fully saturated rings. The van der Waals surface area contributed by atoms with E-state index in [0.717, 1.165) is 56.8 Å². The number of aryl methyl sites for hydroxylation is 2. The predicted molar refractivity (Wildman–Crippen MR) is 116 cm³/mol. The topological polar surface area (TPSA) is 71.4 Å². The Kier molecular flexibility index (Phi) is 4.80. The maximum absolute atomic E-state index is 12.7. The Bertz CT molecular complexity index is 982. The fourth-order valence-electron chi connectivity index (χ4n) is 5.03. The molecule has 160 valence electrons. The number of carbonyl (C=O) groups is 1. The van der Waals surface area contributed by atoms with Gasteiger partial charge in [0.25, 0.3) is 5.91 Å². The summed E-state index contributed by atoms with van der Waals surface area (Å²) < 4.78 is 8.36. The maximum atomic E-state index is 12.7. The molecule has 1 aromatic heterocycles. The smallest absolute Gasteiger partial charge is 0.255 e. The molecule has 8 heteroatoms. The Labute approximate surface area is 181 Å². The van der Waals surface area contributed by atoms with Crippen LogP contribution in [0, 0.1) is 6.92 Å². The minimum absolute atomic E-state index is 0.0900. The lowest BCUT2D eigenvalue weighted by atomic mass is 9.84. The van der Waals surface area contributed by atoms with E-state index in [-0.39, 0.29) is 11.5 Å². The standard InChI is InChI=1S/C22H28ClN5O2/c1-3-28-12-16(15(2)26-28)11-27-8-6-21(7-9-27)13-22(14-30-21)24-19-5-4-17(23)10-18(19)20(29)25-22/h4-5,10,12,24H,3,6-9,11,13-14H2,1-2H3,(H,25,29)/t22-/m0/s1. The number of halogens is 1. The first kappa shape index (κ1) is 19.8. The highest BCUT2D eigenvalue weighted by Gasteiger charge is 2.53. The highest BCUT2D eigenvalue weighted by molar-refractivity contribution is 6.31. The monoisotopic (exact) mass is 429 g/mol. The van der Waals surface area contributed by atoms with Crippen molar-refractivity contribution in [3.8, 4) is 0 Å². The molecule has 3 aliphatic rings. The van der Waals surface area contributed by atoms with Crippen LogP contribution >= 0.6 is 11.6 Å². The van der Waals surface area contributed by atoms with Crippen LogP contribution in [0.25, 0.3) is 0 Å². The number of piperidine rings is 1. The molecule has 0 aliphatic carbocycles. The minimum atomic E-state index is -0.543. The number of rotatable bonds is 3. The number of fused-ring (bicyclic) bond motifs is 1. The van der Waals surface area contributed by atoms with Crippen LogP contribution in [-0.2, 0) is 17.8 Å². The Morgan fingerprint density at radius 1 is 1.27 bits per heavy atom. The van der Waals surface area contributed by atoms with E-state index in [2.05, 4.69) is 40.7 Å². The molecule has 5 rings (SSSR count). The van der Waals surface area contributed by atoms with Crippen molar-refractivity contribution < 1.29 is 9.53 Å². The third kappa shape index (κ3) is 3.49. The van der Waals surface area contributed by atoms with Gasteiger partial charge < -0.3 is 15.4 Å². The molecule has 2 N–H and O–H groups in total. The number of nitrogens with zero attached hydrogens (tertiary/aromatic N) is 3. The van der Waals surface area contributed by atoms with Crippen molar-refractivity contribution in [2.24, 2.45) is 0 Å². The quantitative estimate of drug-likeness (QED) is 0.784. The molecule has 2 saturated heterocycles. The zero-order valence-corrected chi connectivity index (χ0v) is 18.3. The minimum Gasteiger partial charge on any atom is -0.370 e. The van der Waals surface area contributed by atoms with Crippen LogP contribution in [0.2, 0.25) is 5.02 Å². The van der Waals surface area contributed by atoms with Crippen molar-refractivity contribution in [1.82, 2.24) is 20.0 Å². The fraction of sp³-hybridized carbons (Fsp3) is 0.545. The van der Waals surface area contributed by atoms with Gasteiger partial charge in [-0.25, -0.2) is 0 Å². The van der Waals surface area contributed by atoms with E-state index >= 15 is 0 Å².